The number of hydrogen-bond acceptors (Lipinski definition) is 0. The third-order valence-electron chi connectivity index (χ3n) is 11.8. The summed E-state index contributed by atoms with van der Waals surface area (Å²) in [6, 6.07) is 77.5. The molecule has 0 atom stereocenters. The molecule has 12 aromatic rings. The Morgan fingerprint density at radius 3 is 0.912 bits per heavy atom. The van der Waals surface area contributed by atoms with E-state index in [2.05, 4.69) is 226 Å². The first kappa shape index (κ1) is 31.7. The van der Waals surface area contributed by atoms with E-state index in [-0.39, 0.29) is 0 Å². The highest BCUT2D eigenvalue weighted by atomic mass is 15.0. The molecular weight excluding hydrogens is 691 g/mol. The summed E-state index contributed by atoms with van der Waals surface area (Å²) in [6.45, 7) is 0. The van der Waals surface area contributed by atoms with Crippen molar-refractivity contribution in [1.82, 2.24) is 13.7 Å². The van der Waals surface area contributed by atoms with Crippen molar-refractivity contribution < 1.29 is 0 Å². The van der Waals surface area contributed by atoms with Gasteiger partial charge in [-0.1, -0.05) is 133 Å². The molecule has 0 aliphatic heterocycles. The van der Waals surface area contributed by atoms with Gasteiger partial charge in [0.25, 0.3) is 0 Å². The lowest BCUT2D eigenvalue weighted by molar-refractivity contribution is 1.18. The Bertz CT molecular complexity index is 3500. The molecule has 3 heteroatoms. The van der Waals surface area contributed by atoms with Crippen LogP contribution in [0.1, 0.15) is 0 Å². The maximum Gasteiger partial charge on any atom is 0.0547 e. The van der Waals surface area contributed by atoms with E-state index in [1.165, 1.54) is 93.4 Å². The van der Waals surface area contributed by atoms with E-state index in [1.54, 1.807) is 0 Å². The Kier molecular flexibility index (Phi) is 6.93. The Labute approximate surface area is 329 Å². The van der Waals surface area contributed by atoms with Crippen LogP contribution in [0.15, 0.2) is 212 Å². The molecule has 57 heavy (non-hydrogen) atoms. The summed E-state index contributed by atoms with van der Waals surface area (Å²) in [5, 5.41) is 7.52. The first-order chi connectivity index (χ1) is 28.3. The van der Waals surface area contributed by atoms with E-state index >= 15 is 0 Å². The minimum absolute atomic E-state index is 1.15. The summed E-state index contributed by atoms with van der Waals surface area (Å²) in [5.74, 6) is 0. The number of benzene rings is 9. The molecule has 0 saturated heterocycles. The van der Waals surface area contributed by atoms with Gasteiger partial charge < -0.3 is 13.7 Å². The lowest BCUT2D eigenvalue weighted by Gasteiger charge is -2.11. The smallest absolute Gasteiger partial charge is 0.0547 e. The van der Waals surface area contributed by atoms with Gasteiger partial charge in [0, 0.05) is 49.4 Å². The van der Waals surface area contributed by atoms with Crippen LogP contribution >= 0.6 is 0 Å². The standard InChI is InChI=1S/C54H35N3/c1-4-14-40(15-5-1)55-49-22-12-10-20-43(49)45-28-24-37(33-52(45)55)36-27-31-51-48(32-36)47-30-26-39(35-54(47)57(51)42-18-8-3-9-19-42)38-25-29-46-44-21-11-13-23-50(44)56(53(46)34-38)41-16-6-2-7-17-41/h1-35H. The molecule has 0 aliphatic rings. The number of nitrogens with zero attached hydrogens (tertiary/aromatic N) is 3. The van der Waals surface area contributed by atoms with Gasteiger partial charge in [-0.2, -0.15) is 0 Å². The molecule has 0 unspecified atom stereocenters. The fourth-order valence-electron chi connectivity index (χ4n) is 9.25. The van der Waals surface area contributed by atoms with Crippen LogP contribution in [0, 0.1) is 0 Å². The molecule has 9 aromatic carbocycles. The van der Waals surface area contributed by atoms with Crippen molar-refractivity contribution in [3.8, 4) is 39.3 Å². The minimum Gasteiger partial charge on any atom is -0.309 e. The van der Waals surface area contributed by atoms with Crippen molar-refractivity contribution in [1.29, 1.82) is 0 Å². The summed E-state index contributed by atoms with van der Waals surface area (Å²) in [5.41, 5.74) is 15.5. The Hall–Kier alpha value is -7.62. The second-order valence-electron chi connectivity index (χ2n) is 15.0. The van der Waals surface area contributed by atoms with Gasteiger partial charge in [0.15, 0.2) is 0 Å². The van der Waals surface area contributed by atoms with Gasteiger partial charge in [-0.05, 0) is 101 Å². The topological polar surface area (TPSA) is 14.8 Å². The molecule has 0 bridgehead atoms. The van der Waals surface area contributed by atoms with Crippen LogP contribution in [0.5, 0.6) is 0 Å². The van der Waals surface area contributed by atoms with E-state index in [0.29, 0.717) is 0 Å². The van der Waals surface area contributed by atoms with Gasteiger partial charge in [-0.15, -0.1) is 0 Å². The highest BCUT2D eigenvalue weighted by Gasteiger charge is 2.18. The number of rotatable bonds is 5. The van der Waals surface area contributed by atoms with E-state index in [9.17, 15) is 0 Å². The Morgan fingerprint density at radius 1 is 0.193 bits per heavy atom. The average Bonchev–Trinajstić information content (AvgIpc) is 3.91. The zero-order chi connectivity index (χ0) is 37.5. The monoisotopic (exact) mass is 725 g/mol. The maximum atomic E-state index is 2.42. The molecular formula is C54H35N3. The van der Waals surface area contributed by atoms with E-state index in [1.807, 2.05) is 0 Å². The van der Waals surface area contributed by atoms with Crippen LogP contribution in [-0.4, -0.2) is 13.7 Å². The zero-order valence-electron chi connectivity index (χ0n) is 31.0. The van der Waals surface area contributed by atoms with Crippen molar-refractivity contribution >= 4 is 65.4 Å². The number of aromatic nitrogens is 3. The highest BCUT2D eigenvalue weighted by molar-refractivity contribution is 6.14. The molecule has 3 nitrogen and oxygen atoms in total. The van der Waals surface area contributed by atoms with Crippen LogP contribution in [0.25, 0.3) is 105 Å². The SMILES string of the molecule is c1ccc(-n2c3ccccc3c3ccc(-c4ccc5c(c4)c4ccc(-c6ccc7c8ccccc8n(-c8ccccc8)c7c6)cc4n5-c4ccccc4)cc32)cc1. The van der Waals surface area contributed by atoms with Gasteiger partial charge in [0.05, 0.1) is 33.1 Å². The predicted octanol–water partition coefficient (Wildman–Crippen LogP) is 14.3. The van der Waals surface area contributed by atoms with Gasteiger partial charge >= 0.3 is 0 Å². The maximum absolute atomic E-state index is 2.42. The molecule has 266 valence electrons. The molecule has 0 spiro atoms. The molecule has 0 aliphatic carbocycles. The largest absolute Gasteiger partial charge is 0.309 e. The average molecular weight is 726 g/mol. The molecule has 12 rings (SSSR count). The summed E-state index contributed by atoms with van der Waals surface area (Å²) >= 11 is 0. The first-order valence-corrected chi connectivity index (χ1v) is 19.6. The second-order valence-corrected chi connectivity index (χ2v) is 15.0. The van der Waals surface area contributed by atoms with Crippen molar-refractivity contribution in [2.24, 2.45) is 0 Å². The Balaban J connectivity index is 1.05. The second kappa shape index (κ2) is 12.5. The minimum atomic E-state index is 1.15. The zero-order valence-corrected chi connectivity index (χ0v) is 31.0. The first-order valence-electron chi connectivity index (χ1n) is 19.6. The molecule has 0 N–H and O–H groups in total. The van der Waals surface area contributed by atoms with E-state index in [0.717, 1.165) is 11.4 Å². The lowest BCUT2D eigenvalue weighted by atomic mass is 9.99. The summed E-state index contributed by atoms with van der Waals surface area (Å²) < 4.78 is 7.21. The van der Waals surface area contributed by atoms with E-state index in [4.69, 9.17) is 0 Å². The third-order valence-corrected chi connectivity index (χ3v) is 11.8. The van der Waals surface area contributed by atoms with Gasteiger partial charge in [0.1, 0.15) is 0 Å². The van der Waals surface area contributed by atoms with Crippen LogP contribution in [0.4, 0.5) is 0 Å². The molecule has 0 fully saturated rings. The van der Waals surface area contributed by atoms with Gasteiger partial charge in [-0.3, -0.25) is 0 Å². The highest BCUT2D eigenvalue weighted by Crippen LogP contribution is 2.40. The number of fused-ring (bicyclic) bond motifs is 9. The van der Waals surface area contributed by atoms with Crippen molar-refractivity contribution in [2.45, 2.75) is 0 Å². The van der Waals surface area contributed by atoms with Crippen LogP contribution in [0.2, 0.25) is 0 Å². The lowest BCUT2D eigenvalue weighted by Crippen LogP contribution is -1.94. The van der Waals surface area contributed by atoms with Crippen molar-refractivity contribution in [3.63, 3.8) is 0 Å². The number of hydrogen-bond donors (Lipinski definition) is 0. The molecule has 0 radical (unpaired) electrons. The molecule has 3 heterocycles. The summed E-state index contributed by atoms with van der Waals surface area (Å²) in [4.78, 5) is 0. The molecule has 0 amide bonds. The fraction of sp³-hybridized carbons (Fsp3) is 0. The van der Waals surface area contributed by atoms with Crippen LogP contribution < -0.4 is 0 Å². The van der Waals surface area contributed by atoms with Crippen LogP contribution in [-0.2, 0) is 0 Å². The van der Waals surface area contributed by atoms with Gasteiger partial charge in [-0.25, -0.2) is 0 Å². The van der Waals surface area contributed by atoms with E-state index < -0.39 is 0 Å². The quantitative estimate of drug-likeness (QED) is 0.168. The number of para-hydroxylation sites is 5. The normalized spacial score (nSPS) is 11.9. The summed E-state index contributed by atoms with van der Waals surface area (Å²) in [6.07, 6.45) is 0. The van der Waals surface area contributed by atoms with Crippen LogP contribution in [0.3, 0.4) is 0 Å². The van der Waals surface area contributed by atoms with Crippen molar-refractivity contribution in [2.75, 3.05) is 0 Å². The Morgan fingerprint density at radius 2 is 0.491 bits per heavy atom. The summed E-state index contributed by atoms with van der Waals surface area (Å²) in [7, 11) is 0. The molecule has 3 aromatic heterocycles. The van der Waals surface area contributed by atoms with Gasteiger partial charge in [0.2, 0.25) is 0 Å². The predicted molar refractivity (Wildman–Crippen MR) is 240 cm³/mol. The van der Waals surface area contributed by atoms with Crippen molar-refractivity contribution in [3.05, 3.63) is 212 Å². The molecule has 0 saturated carbocycles. The third kappa shape index (κ3) is 4.86. The fourth-order valence-corrected chi connectivity index (χ4v) is 9.25.